The highest BCUT2D eigenvalue weighted by atomic mass is 28.3. The zero-order chi connectivity index (χ0) is 20.7. The zero-order valence-electron chi connectivity index (χ0n) is 19.2. The fourth-order valence-corrected chi connectivity index (χ4v) is 12.8. The standard InChI is InChI=1S/C23H43NOSi2/c1-9-24(10-2)23(25)22-20(26(11-3,12-4)13-5)18-17-19-21(22)27(14-6,15-7)16-8/h17-19H,9-16H2,1-8H3. The van der Waals surface area contributed by atoms with E-state index in [0.29, 0.717) is 5.91 Å². The summed E-state index contributed by atoms with van der Waals surface area (Å²) in [6.45, 7) is 19.9. The lowest BCUT2D eigenvalue weighted by molar-refractivity contribution is 0.0775. The maximum absolute atomic E-state index is 13.8. The Morgan fingerprint density at radius 1 is 0.704 bits per heavy atom. The molecular formula is C23H43NOSi2. The molecule has 0 aliphatic carbocycles. The molecule has 1 aromatic rings. The number of carbonyl (C=O) groups is 1. The van der Waals surface area contributed by atoms with Gasteiger partial charge in [-0.1, -0.05) is 96.0 Å². The highest BCUT2D eigenvalue weighted by Gasteiger charge is 2.39. The molecule has 27 heavy (non-hydrogen) atoms. The van der Waals surface area contributed by atoms with Gasteiger partial charge in [-0.3, -0.25) is 4.79 Å². The zero-order valence-corrected chi connectivity index (χ0v) is 21.2. The highest BCUT2D eigenvalue weighted by Crippen LogP contribution is 2.26. The molecule has 4 heteroatoms. The molecule has 1 aromatic carbocycles. The van der Waals surface area contributed by atoms with Crippen LogP contribution < -0.4 is 10.4 Å². The van der Waals surface area contributed by atoms with Crippen molar-refractivity contribution in [3.8, 4) is 0 Å². The monoisotopic (exact) mass is 405 g/mol. The Balaban J connectivity index is 3.91. The highest BCUT2D eigenvalue weighted by molar-refractivity contribution is 6.95. The third kappa shape index (κ3) is 4.42. The van der Waals surface area contributed by atoms with Crippen LogP contribution in [0.3, 0.4) is 0 Å². The van der Waals surface area contributed by atoms with Crippen molar-refractivity contribution in [1.82, 2.24) is 4.90 Å². The van der Waals surface area contributed by atoms with Crippen LogP contribution in [0.4, 0.5) is 0 Å². The van der Waals surface area contributed by atoms with E-state index in [2.05, 4.69) is 73.6 Å². The lowest BCUT2D eigenvalue weighted by atomic mass is 10.2. The number of amides is 1. The van der Waals surface area contributed by atoms with Gasteiger partial charge in [-0.05, 0) is 24.2 Å². The van der Waals surface area contributed by atoms with Crippen LogP contribution in [0, 0.1) is 0 Å². The normalized spacial score (nSPS) is 12.3. The van der Waals surface area contributed by atoms with Crippen LogP contribution in [0.2, 0.25) is 36.3 Å². The van der Waals surface area contributed by atoms with Crippen molar-refractivity contribution in [3.05, 3.63) is 23.8 Å². The number of nitrogens with zero attached hydrogens (tertiary/aromatic N) is 1. The Morgan fingerprint density at radius 3 is 1.30 bits per heavy atom. The Morgan fingerprint density at radius 2 is 1.04 bits per heavy atom. The second-order valence-electron chi connectivity index (χ2n) is 7.89. The van der Waals surface area contributed by atoms with Crippen LogP contribution >= 0.6 is 0 Å². The molecule has 0 unspecified atom stereocenters. The number of benzene rings is 1. The molecule has 0 saturated carbocycles. The number of rotatable bonds is 11. The summed E-state index contributed by atoms with van der Waals surface area (Å²) in [7, 11) is -3.29. The molecule has 0 atom stereocenters. The van der Waals surface area contributed by atoms with Crippen molar-refractivity contribution < 1.29 is 4.79 Å². The van der Waals surface area contributed by atoms with Crippen LogP contribution in [0.25, 0.3) is 0 Å². The minimum atomic E-state index is -1.65. The van der Waals surface area contributed by atoms with E-state index in [0.717, 1.165) is 18.7 Å². The topological polar surface area (TPSA) is 20.3 Å². The van der Waals surface area contributed by atoms with E-state index in [1.807, 2.05) is 4.90 Å². The molecule has 1 amide bonds. The lowest BCUT2D eigenvalue weighted by Gasteiger charge is -2.37. The molecule has 0 spiro atoms. The second-order valence-corrected chi connectivity index (χ2v) is 18.3. The average molecular weight is 406 g/mol. The lowest BCUT2D eigenvalue weighted by Crippen LogP contribution is -2.57. The van der Waals surface area contributed by atoms with Crippen molar-refractivity contribution in [2.45, 2.75) is 91.7 Å². The first-order chi connectivity index (χ1) is 12.9. The summed E-state index contributed by atoms with van der Waals surface area (Å²) in [5.74, 6) is 0.296. The van der Waals surface area contributed by atoms with Gasteiger partial charge in [0.2, 0.25) is 0 Å². The van der Waals surface area contributed by atoms with Gasteiger partial charge < -0.3 is 4.90 Å². The molecule has 0 radical (unpaired) electrons. The summed E-state index contributed by atoms with van der Waals surface area (Å²) in [6, 6.07) is 14.3. The van der Waals surface area contributed by atoms with Crippen molar-refractivity contribution in [1.29, 1.82) is 0 Å². The van der Waals surface area contributed by atoms with E-state index < -0.39 is 16.1 Å². The molecule has 1 rings (SSSR count). The molecule has 0 aliphatic heterocycles. The van der Waals surface area contributed by atoms with E-state index in [1.54, 1.807) is 0 Å². The van der Waals surface area contributed by atoms with Crippen LogP contribution in [-0.2, 0) is 0 Å². The molecule has 154 valence electrons. The van der Waals surface area contributed by atoms with Gasteiger partial charge in [0.05, 0.1) is 16.1 Å². The molecule has 2 nitrogen and oxygen atoms in total. The van der Waals surface area contributed by atoms with Crippen molar-refractivity contribution in [2.75, 3.05) is 13.1 Å². The van der Waals surface area contributed by atoms with Crippen molar-refractivity contribution >= 4 is 32.4 Å². The largest absolute Gasteiger partial charge is 0.339 e. The van der Waals surface area contributed by atoms with E-state index >= 15 is 0 Å². The maximum atomic E-state index is 13.8. The Labute approximate surface area is 170 Å². The third-order valence-corrected chi connectivity index (χ3v) is 18.8. The average Bonchev–Trinajstić information content (AvgIpc) is 2.72. The number of hydrogen-bond acceptors (Lipinski definition) is 1. The van der Waals surface area contributed by atoms with E-state index in [1.165, 1.54) is 46.6 Å². The van der Waals surface area contributed by atoms with Gasteiger partial charge in [0.1, 0.15) is 0 Å². The molecule has 0 aromatic heterocycles. The Hall–Kier alpha value is -0.876. The van der Waals surface area contributed by atoms with Crippen LogP contribution in [0.15, 0.2) is 18.2 Å². The van der Waals surface area contributed by atoms with Gasteiger partial charge in [-0.2, -0.15) is 0 Å². The Kier molecular flexibility index (Phi) is 9.49. The molecule has 0 bridgehead atoms. The van der Waals surface area contributed by atoms with Gasteiger partial charge in [-0.25, -0.2) is 0 Å². The van der Waals surface area contributed by atoms with Gasteiger partial charge in [-0.15, -0.1) is 0 Å². The maximum Gasteiger partial charge on any atom is 0.253 e. The van der Waals surface area contributed by atoms with Crippen LogP contribution in [0.5, 0.6) is 0 Å². The van der Waals surface area contributed by atoms with Gasteiger partial charge in [0, 0.05) is 18.7 Å². The minimum absolute atomic E-state index is 0.296. The summed E-state index contributed by atoms with van der Waals surface area (Å²) in [5, 5.41) is 2.91. The van der Waals surface area contributed by atoms with Crippen LogP contribution in [0.1, 0.15) is 65.7 Å². The summed E-state index contributed by atoms with van der Waals surface area (Å²) in [6.07, 6.45) is 0. The molecule has 0 heterocycles. The van der Waals surface area contributed by atoms with E-state index in [-0.39, 0.29) is 0 Å². The molecule has 0 N–H and O–H groups in total. The fraction of sp³-hybridized carbons (Fsp3) is 0.696. The summed E-state index contributed by atoms with van der Waals surface area (Å²) in [4.78, 5) is 15.9. The Bertz CT molecular complexity index is 548. The predicted octanol–water partition coefficient (Wildman–Crippen LogP) is 5.60. The van der Waals surface area contributed by atoms with Gasteiger partial charge >= 0.3 is 0 Å². The smallest absolute Gasteiger partial charge is 0.253 e. The SMILES string of the molecule is CCN(CC)C(=O)c1c([Si](CC)(CC)CC)cccc1[Si](CC)(CC)CC. The molecule has 0 aliphatic rings. The number of carbonyl (C=O) groups excluding carboxylic acids is 1. The van der Waals surface area contributed by atoms with E-state index in [4.69, 9.17) is 0 Å². The third-order valence-electron chi connectivity index (χ3n) is 7.53. The number of hydrogen-bond donors (Lipinski definition) is 0. The summed E-state index contributed by atoms with van der Waals surface area (Å²) in [5.41, 5.74) is 1.13. The first-order valence-corrected chi connectivity index (χ1v) is 16.6. The predicted molar refractivity (Wildman–Crippen MR) is 127 cm³/mol. The van der Waals surface area contributed by atoms with Crippen molar-refractivity contribution in [2.24, 2.45) is 0 Å². The molecule has 0 saturated heterocycles. The molecule has 0 fully saturated rings. The molecular weight excluding hydrogens is 362 g/mol. The van der Waals surface area contributed by atoms with Gasteiger partial charge in [0.15, 0.2) is 0 Å². The first-order valence-electron chi connectivity index (χ1n) is 11.3. The van der Waals surface area contributed by atoms with Crippen molar-refractivity contribution in [3.63, 3.8) is 0 Å². The summed E-state index contributed by atoms with van der Waals surface area (Å²) < 4.78 is 0. The second kappa shape index (κ2) is 10.6. The van der Waals surface area contributed by atoms with Crippen LogP contribution in [-0.4, -0.2) is 40.0 Å². The first kappa shape index (κ1) is 24.2. The summed E-state index contributed by atoms with van der Waals surface area (Å²) >= 11 is 0. The minimum Gasteiger partial charge on any atom is -0.339 e. The quantitative estimate of drug-likeness (QED) is 0.439. The fourth-order valence-electron chi connectivity index (χ4n) is 4.98. The van der Waals surface area contributed by atoms with E-state index in [9.17, 15) is 4.79 Å². The van der Waals surface area contributed by atoms with Gasteiger partial charge in [0.25, 0.3) is 5.91 Å².